The summed E-state index contributed by atoms with van der Waals surface area (Å²) < 4.78 is 0. The lowest BCUT2D eigenvalue weighted by atomic mass is 9.99. The van der Waals surface area contributed by atoms with E-state index >= 15 is 0 Å². The third-order valence-corrected chi connectivity index (χ3v) is 2.83. The number of aryl methyl sites for hydroxylation is 2. The van der Waals surface area contributed by atoms with Gasteiger partial charge >= 0.3 is 0 Å². The van der Waals surface area contributed by atoms with Crippen LogP contribution in [0.15, 0.2) is 18.2 Å². The van der Waals surface area contributed by atoms with Gasteiger partial charge in [0.05, 0.1) is 0 Å². The molecule has 0 aromatic heterocycles. The fourth-order valence-electron chi connectivity index (χ4n) is 2.06. The van der Waals surface area contributed by atoms with E-state index in [0.717, 1.165) is 25.2 Å². The first-order chi connectivity index (χ1) is 6.86. The van der Waals surface area contributed by atoms with E-state index in [1.54, 1.807) is 0 Å². The summed E-state index contributed by atoms with van der Waals surface area (Å²) in [6.45, 7) is 2.28. The highest BCUT2D eigenvalue weighted by Crippen LogP contribution is 2.17. The normalized spacial score (nSPS) is 17.7. The topological polar surface area (TPSA) is 38.0 Å². The molecule has 1 aliphatic rings. The zero-order valence-electron chi connectivity index (χ0n) is 8.55. The molecule has 0 fully saturated rings. The molecule has 0 amide bonds. The Kier molecular flexibility index (Phi) is 3.04. The summed E-state index contributed by atoms with van der Waals surface area (Å²) in [5, 5.41) is 3.45. The van der Waals surface area contributed by atoms with Crippen molar-refractivity contribution in [2.75, 3.05) is 18.8 Å². The molecule has 1 aromatic carbocycles. The van der Waals surface area contributed by atoms with Crippen LogP contribution in [-0.4, -0.2) is 13.1 Å². The van der Waals surface area contributed by atoms with E-state index in [1.165, 1.54) is 30.4 Å². The smallest absolute Gasteiger partial charge is 0.0316 e. The lowest BCUT2D eigenvalue weighted by Crippen LogP contribution is -2.16. The second kappa shape index (κ2) is 4.47. The van der Waals surface area contributed by atoms with Gasteiger partial charge in [-0.25, -0.2) is 0 Å². The number of nitrogens with one attached hydrogen (secondary N) is 1. The molecule has 0 bridgehead atoms. The van der Waals surface area contributed by atoms with Crippen molar-refractivity contribution in [2.24, 2.45) is 0 Å². The van der Waals surface area contributed by atoms with Crippen LogP contribution < -0.4 is 11.1 Å². The van der Waals surface area contributed by atoms with E-state index in [-0.39, 0.29) is 0 Å². The van der Waals surface area contributed by atoms with Crippen LogP contribution in [0.3, 0.4) is 0 Å². The molecule has 0 saturated carbocycles. The van der Waals surface area contributed by atoms with Crippen LogP contribution in [0.25, 0.3) is 0 Å². The van der Waals surface area contributed by atoms with Crippen LogP contribution in [0.1, 0.15) is 24.0 Å². The van der Waals surface area contributed by atoms with Crippen molar-refractivity contribution in [3.8, 4) is 0 Å². The summed E-state index contributed by atoms with van der Waals surface area (Å²) in [5.41, 5.74) is 9.64. The molecule has 1 heterocycles. The molecule has 1 aromatic rings. The monoisotopic (exact) mass is 190 g/mol. The van der Waals surface area contributed by atoms with E-state index in [9.17, 15) is 0 Å². The summed E-state index contributed by atoms with van der Waals surface area (Å²) in [6, 6.07) is 6.35. The lowest BCUT2D eigenvalue weighted by Gasteiger charge is -2.08. The molecule has 2 nitrogen and oxygen atoms in total. The highest BCUT2D eigenvalue weighted by atomic mass is 14.8. The average Bonchev–Trinajstić information content (AvgIpc) is 2.29. The van der Waals surface area contributed by atoms with Crippen LogP contribution in [0.4, 0.5) is 5.69 Å². The second-order valence-electron chi connectivity index (χ2n) is 3.99. The third kappa shape index (κ3) is 2.26. The molecule has 0 saturated heterocycles. The Morgan fingerprint density at radius 1 is 1.00 bits per heavy atom. The SMILES string of the molecule is Nc1ccc2c(c1)CCCNCCC2. The van der Waals surface area contributed by atoms with Gasteiger partial charge in [-0.15, -0.1) is 0 Å². The highest BCUT2D eigenvalue weighted by molar-refractivity contribution is 5.45. The molecule has 14 heavy (non-hydrogen) atoms. The summed E-state index contributed by atoms with van der Waals surface area (Å²) in [7, 11) is 0. The van der Waals surface area contributed by atoms with Gasteiger partial charge in [0.25, 0.3) is 0 Å². The fourth-order valence-corrected chi connectivity index (χ4v) is 2.06. The summed E-state index contributed by atoms with van der Waals surface area (Å²) in [6.07, 6.45) is 4.79. The van der Waals surface area contributed by atoms with Crippen LogP contribution in [0, 0.1) is 0 Å². The number of nitrogens with two attached hydrogens (primary N) is 1. The molecule has 0 radical (unpaired) electrons. The quantitative estimate of drug-likeness (QED) is 0.611. The molecule has 0 aliphatic carbocycles. The van der Waals surface area contributed by atoms with Crippen molar-refractivity contribution < 1.29 is 0 Å². The summed E-state index contributed by atoms with van der Waals surface area (Å²) >= 11 is 0. The van der Waals surface area contributed by atoms with Gasteiger partial charge in [-0.05, 0) is 62.0 Å². The first kappa shape index (κ1) is 9.53. The number of hydrogen-bond acceptors (Lipinski definition) is 2. The Hall–Kier alpha value is -1.02. The largest absolute Gasteiger partial charge is 0.399 e. The van der Waals surface area contributed by atoms with Crippen LogP contribution in [-0.2, 0) is 12.8 Å². The molecule has 76 valence electrons. The first-order valence-corrected chi connectivity index (χ1v) is 5.44. The van der Waals surface area contributed by atoms with Crippen molar-refractivity contribution in [1.82, 2.24) is 5.32 Å². The van der Waals surface area contributed by atoms with Gasteiger partial charge in [0.2, 0.25) is 0 Å². The van der Waals surface area contributed by atoms with Crippen LogP contribution >= 0.6 is 0 Å². The summed E-state index contributed by atoms with van der Waals surface area (Å²) in [5.74, 6) is 0. The van der Waals surface area contributed by atoms with Crippen molar-refractivity contribution in [1.29, 1.82) is 0 Å². The zero-order chi connectivity index (χ0) is 9.80. The van der Waals surface area contributed by atoms with Crippen molar-refractivity contribution in [3.05, 3.63) is 29.3 Å². The van der Waals surface area contributed by atoms with Gasteiger partial charge in [0.1, 0.15) is 0 Å². The molecule has 0 unspecified atom stereocenters. The Morgan fingerprint density at radius 2 is 1.71 bits per heavy atom. The molecular weight excluding hydrogens is 172 g/mol. The van der Waals surface area contributed by atoms with Gasteiger partial charge in [-0.2, -0.15) is 0 Å². The maximum absolute atomic E-state index is 5.80. The van der Waals surface area contributed by atoms with Gasteiger partial charge < -0.3 is 11.1 Å². The second-order valence-corrected chi connectivity index (χ2v) is 3.99. The maximum atomic E-state index is 5.80. The molecule has 2 heteroatoms. The predicted octanol–water partition coefficient (Wildman–Crippen LogP) is 1.74. The van der Waals surface area contributed by atoms with Gasteiger partial charge in [-0.1, -0.05) is 6.07 Å². The number of benzene rings is 1. The number of anilines is 1. The maximum Gasteiger partial charge on any atom is 0.0316 e. The van der Waals surface area contributed by atoms with E-state index in [0.29, 0.717) is 0 Å². The number of hydrogen-bond donors (Lipinski definition) is 2. The highest BCUT2D eigenvalue weighted by Gasteiger charge is 2.05. The molecule has 2 rings (SSSR count). The van der Waals surface area contributed by atoms with Crippen LogP contribution in [0.5, 0.6) is 0 Å². The minimum Gasteiger partial charge on any atom is -0.399 e. The number of fused-ring (bicyclic) bond motifs is 1. The average molecular weight is 190 g/mol. The van der Waals surface area contributed by atoms with E-state index < -0.39 is 0 Å². The van der Waals surface area contributed by atoms with Crippen molar-refractivity contribution in [3.63, 3.8) is 0 Å². The van der Waals surface area contributed by atoms with Crippen LogP contribution in [0.2, 0.25) is 0 Å². The molecule has 3 N–H and O–H groups in total. The molecule has 0 spiro atoms. The van der Waals surface area contributed by atoms with E-state index in [4.69, 9.17) is 5.73 Å². The Bertz CT molecular complexity index is 307. The van der Waals surface area contributed by atoms with Gasteiger partial charge in [-0.3, -0.25) is 0 Å². The zero-order valence-corrected chi connectivity index (χ0v) is 8.55. The predicted molar refractivity (Wildman–Crippen MR) is 60.4 cm³/mol. The van der Waals surface area contributed by atoms with E-state index in [2.05, 4.69) is 17.4 Å². The van der Waals surface area contributed by atoms with Gasteiger partial charge in [0.15, 0.2) is 0 Å². The molecule has 0 atom stereocenters. The van der Waals surface area contributed by atoms with Crippen molar-refractivity contribution >= 4 is 5.69 Å². The molecular formula is C12H18N2. The van der Waals surface area contributed by atoms with E-state index in [1.807, 2.05) is 6.07 Å². The number of nitrogen functional groups attached to an aromatic ring is 1. The Morgan fingerprint density at radius 3 is 2.50 bits per heavy atom. The lowest BCUT2D eigenvalue weighted by molar-refractivity contribution is 0.637. The minimum atomic E-state index is 0.899. The van der Waals surface area contributed by atoms with Crippen molar-refractivity contribution in [2.45, 2.75) is 25.7 Å². The molecule has 1 aliphatic heterocycles. The Balaban J connectivity index is 2.22. The standard InChI is InChI=1S/C12H18N2/c13-12-6-5-10-3-1-7-14-8-2-4-11(10)9-12/h5-6,9,14H,1-4,7-8,13H2. The number of rotatable bonds is 0. The third-order valence-electron chi connectivity index (χ3n) is 2.83. The Labute approximate surface area is 85.5 Å². The minimum absolute atomic E-state index is 0.899. The first-order valence-electron chi connectivity index (χ1n) is 5.44. The summed E-state index contributed by atoms with van der Waals surface area (Å²) in [4.78, 5) is 0. The fraction of sp³-hybridized carbons (Fsp3) is 0.500. The van der Waals surface area contributed by atoms with Gasteiger partial charge in [0, 0.05) is 5.69 Å².